The fourth-order valence-electron chi connectivity index (χ4n) is 6.17. The quantitative estimate of drug-likeness (QED) is 0.162. The molecule has 252 valence electrons. The molecule has 1 fully saturated rings. The van der Waals surface area contributed by atoms with Gasteiger partial charge >= 0.3 is 0 Å². The lowest BCUT2D eigenvalue weighted by Gasteiger charge is -2.35. The van der Waals surface area contributed by atoms with Crippen LogP contribution in [0.15, 0.2) is 102 Å². The van der Waals surface area contributed by atoms with Gasteiger partial charge in [0.1, 0.15) is 12.6 Å². The summed E-state index contributed by atoms with van der Waals surface area (Å²) in [6.07, 6.45) is 5.18. The Morgan fingerprint density at radius 2 is 1.48 bits per heavy atom. The van der Waals surface area contributed by atoms with Crippen LogP contribution in [0.2, 0.25) is 10.0 Å². The van der Waals surface area contributed by atoms with Gasteiger partial charge in [0.15, 0.2) is 0 Å². The van der Waals surface area contributed by atoms with Crippen molar-refractivity contribution < 1.29 is 18.0 Å². The van der Waals surface area contributed by atoms with E-state index < -0.39 is 28.5 Å². The Morgan fingerprint density at radius 1 is 0.812 bits per heavy atom. The molecule has 0 heterocycles. The summed E-state index contributed by atoms with van der Waals surface area (Å²) in [5, 5.41) is 3.91. The van der Waals surface area contributed by atoms with Gasteiger partial charge in [-0.15, -0.1) is 0 Å². The van der Waals surface area contributed by atoms with Gasteiger partial charge in [0.05, 0.1) is 20.6 Å². The van der Waals surface area contributed by atoms with Crippen LogP contribution in [0, 0.1) is 13.8 Å². The molecule has 1 aliphatic carbocycles. The number of nitrogens with one attached hydrogen (secondary N) is 1. The zero-order chi connectivity index (χ0) is 34.3. The molecule has 0 saturated heterocycles. The van der Waals surface area contributed by atoms with Crippen molar-refractivity contribution >= 4 is 50.7 Å². The SMILES string of the molecule is Cc1cccc(N(CC(=O)N(Cc2ccc(Cl)c(Cl)c2)C(Cc2ccccc2)C(=O)NC2CCCCC2)S(=O)(=O)c2ccccc2)c1C. The summed E-state index contributed by atoms with van der Waals surface area (Å²) in [6, 6.07) is 27.1. The van der Waals surface area contributed by atoms with Crippen molar-refractivity contribution in [3.05, 3.63) is 129 Å². The maximum absolute atomic E-state index is 14.8. The molecule has 1 saturated carbocycles. The van der Waals surface area contributed by atoms with Crippen LogP contribution in [0.25, 0.3) is 0 Å². The minimum absolute atomic E-state index is 0.0105. The van der Waals surface area contributed by atoms with E-state index in [0.29, 0.717) is 21.3 Å². The van der Waals surface area contributed by atoms with Gasteiger partial charge < -0.3 is 10.2 Å². The molecule has 1 atom stereocenters. The van der Waals surface area contributed by atoms with Crippen LogP contribution in [-0.4, -0.2) is 43.8 Å². The van der Waals surface area contributed by atoms with Crippen LogP contribution in [0.1, 0.15) is 54.4 Å². The molecular formula is C38H41Cl2N3O4S. The molecule has 1 unspecified atom stereocenters. The first-order chi connectivity index (χ1) is 23.0. The second-order valence-corrected chi connectivity index (χ2v) is 15.0. The van der Waals surface area contributed by atoms with Crippen LogP contribution in [0.5, 0.6) is 0 Å². The molecule has 48 heavy (non-hydrogen) atoms. The van der Waals surface area contributed by atoms with Crippen LogP contribution >= 0.6 is 23.2 Å². The first-order valence-corrected chi connectivity index (χ1v) is 18.5. The third-order valence-electron chi connectivity index (χ3n) is 9.01. The number of sulfonamides is 1. The summed E-state index contributed by atoms with van der Waals surface area (Å²) >= 11 is 12.6. The first-order valence-electron chi connectivity index (χ1n) is 16.3. The Hall–Kier alpha value is -3.85. The molecule has 10 heteroatoms. The van der Waals surface area contributed by atoms with E-state index in [2.05, 4.69) is 5.32 Å². The minimum atomic E-state index is -4.19. The molecular weight excluding hydrogens is 665 g/mol. The van der Waals surface area contributed by atoms with Crippen molar-refractivity contribution in [1.82, 2.24) is 10.2 Å². The number of hydrogen-bond donors (Lipinski definition) is 1. The molecule has 0 aliphatic heterocycles. The number of halogens is 2. The van der Waals surface area contributed by atoms with Gasteiger partial charge in [-0.3, -0.25) is 13.9 Å². The number of hydrogen-bond acceptors (Lipinski definition) is 4. The summed E-state index contributed by atoms with van der Waals surface area (Å²) in [5.74, 6) is -0.801. The van der Waals surface area contributed by atoms with Gasteiger partial charge in [0.25, 0.3) is 10.0 Å². The zero-order valence-electron chi connectivity index (χ0n) is 27.2. The van der Waals surface area contributed by atoms with Crippen molar-refractivity contribution in [2.45, 2.75) is 75.9 Å². The van der Waals surface area contributed by atoms with Crippen LogP contribution in [0.4, 0.5) is 5.69 Å². The molecule has 4 aromatic carbocycles. The highest BCUT2D eigenvalue weighted by Crippen LogP contribution is 2.30. The predicted molar refractivity (Wildman–Crippen MR) is 193 cm³/mol. The van der Waals surface area contributed by atoms with Gasteiger partial charge in [-0.1, -0.05) is 109 Å². The van der Waals surface area contributed by atoms with Gasteiger partial charge in [-0.25, -0.2) is 8.42 Å². The molecule has 0 bridgehead atoms. The number of rotatable bonds is 12. The van der Waals surface area contributed by atoms with E-state index in [1.165, 1.54) is 17.0 Å². The monoisotopic (exact) mass is 705 g/mol. The number of carbonyl (C=O) groups is 2. The van der Waals surface area contributed by atoms with Gasteiger partial charge in [-0.2, -0.15) is 0 Å². The third-order valence-corrected chi connectivity index (χ3v) is 11.5. The largest absolute Gasteiger partial charge is 0.352 e. The summed E-state index contributed by atoms with van der Waals surface area (Å²) in [4.78, 5) is 30.6. The smallest absolute Gasteiger partial charge is 0.264 e. The number of carbonyl (C=O) groups excluding carboxylic acids is 2. The second kappa shape index (κ2) is 16.0. The lowest BCUT2D eigenvalue weighted by Crippen LogP contribution is -2.55. The standard InChI is InChI=1S/C38H41Cl2N3O4S/c1-27-13-12-20-35(28(27)2)43(48(46,47)32-18-10-5-11-19-32)26-37(44)42(25-30-21-22-33(39)34(40)23-30)36(24-29-14-6-3-7-15-29)38(45)41-31-16-8-4-9-17-31/h3,5-7,10-15,18-23,31,36H,4,8-9,16-17,24-26H2,1-2H3,(H,41,45). The maximum Gasteiger partial charge on any atom is 0.264 e. The molecule has 4 aromatic rings. The third kappa shape index (κ3) is 8.59. The van der Waals surface area contributed by atoms with Gasteiger partial charge in [0, 0.05) is 19.0 Å². The number of aryl methyl sites for hydroxylation is 1. The van der Waals surface area contributed by atoms with E-state index in [1.54, 1.807) is 48.5 Å². The van der Waals surface area contributed by atoms with Crippen molar-refractivity contribution in [2.75, 3.05) is 10.8 Å². The normalized spacial score (nSPS) is 14.2. The van der Waals surface area contributed by atoms with E-state index >= 15 is 0 Å². The van der Waals surface area contributed by atoms with E-state index in [4.69, 9.17) is 23.2 Å². The van der Waals surface area contributed by atoms with E-state index in [1.807, 2.05) is 50.2 Å². The van der Waals surface area contributed by atoms with Crippen LogP contribution in [-0.2, 0) is 32.6 Å². The fourth-order valence-corrected chi connectivity index (χ4v) is 7.99. The van der Waals surface area contributed by atoms with Crippen LogP contribution in [0.3, 0.4) is 0 Å². The molecule has 5 rings (SSSR count). The maximum atomic E-state index is 14.8. The number of nitrogens with zero attached hydrogens (tertiary/aromatic N) is 2. The molecule has 7 nitrogen and oxygen atoms in total. The number of amides is 2. The summed E-state index contributed by atoms with van der Waals surface area (Å²) in [5.41, 5.74) is 3.54. The fraction of sp³-hybridized carbons (Fsp3) is 0.316. The Kier molecular flexibility index (Phi) is 11.8. The Balaban J connectivity index is 1.59. The molecule has 0 aromatic heterocycles. The van der Waals surface area contributed by atoms with Crippen molar-refractivity contribution in [1.29, 1.82) is 0 Å². The average molecular weight is 707 g/mol. The highest BCUT2D eigenvalue weighted by molar-refractivity contribution is 7.92. The lowest BCUT2D eigenvalue weighted by molar-refractivity contribution is -0.140. The molecule has 0 radical (unpaired) electrons. The molecule has 2 amide bonds. The van der Waals surface area contributed by atoms with Gasteiger partial charge in [0.2, 0.25) is 11.8 Å². The lowest BCUT2D eigenvalue weighted by atomic mass is 9.94. The first kappa shape index (κ1) is 35.5. The predicted octanol–water partition coefficient (Wildman–Crippen LogP) is 7.89. The number of anilines is 1. The molecule has 1 aliphatic rings. The Bertz CT molecular complexity index is 1830. The average Bonchev–Trinajstić information content (AvgIpc) is 3.09. The Morgan fingerprint density at radius 3 is 2.15 bits per heavy atom. The van der Waals surface area contributed by atoms with Crippen LogP contribution < -0.4 is 9.62 Å². The van der Waals surface area contributed by atoms with Crippen molar-refractivity contribution in [3.8, 4) is 0 Å². The molecule has 0 spiro atoms. The summed E-state index contributed by atoms with van der Waals surface area (Å²) < 4.78 is 29.8. The van der Waals surface area contributed by atoms with E-state index in [0.717, 1.165) is 53.1 Å². The Labute approximate surface area is 293 Å². The van der Waals surface area contributed by atoms with Crippen molar-refractivity contribution in [3.63, 3.8) is 0 Å². The van der Waals surface area contributed by atoms with E-state index in [9.17, 15) is 18.0 Å². The van der Waals surface area contributed by atoms with Gasteiger partial charge in [-0.05, 0) is 79.3 Å². The summed E-state index contributed by atoms with van der Waals surface area (Å²) in [6.45, 7) is 3.23. The minimum Gasteiger partial charge on any atom is -0.352 e. The summed E-state index contributed by atoms with van der Waals surface area (Å²) in [7, 11) is -4.19. The molecule has 1 N–H and O–H groups in total. The second-order valence-electron chi connectivity index (χ2n) is 12.4. The van der Waals surface area contributed by atoms with Crippen molar-refractivity contribution in [2.24, 2.45) is 0 Å². The topological polar surface area (TPSA) is 86.8 Å². The zero-order valence-corrected chi connectivity index (χ0v) is 29.6. The highest BCUT2D eigenvalue weighted by Gasteiger charge is 2.36. The van der Waals surface area contributed by atoms with E-state index in [-0.39, 0.29) is 29.8 Å². The highest BCUT2D eigenvalue weighted by atomic mass is 35.5. The number of benzene rings is 4.